The second-order valence-electron chi connectivity index (χ2n) is 4.07. The monoisotopic (exact) mass is 243 g/mol. The molecule has 0 heterocycles. The van der Waals surface area contributed by atoms with Gasteiger partial charge in [-0.1, -0.05) is 0 Å². The number of rotatable bonds is 3. The third-order valence-corrected chi connectivity index (χ3v) is 2.70. The summed E-state index contributed by atoms with van der Waals surface area (Å²) in [5.41, 5.74) is 2.92. The van der Waals surface area contributed by atoms with Crippen LogP contribution in [0.4, 0.5) is 8.78 Å². The second-order valence-corrected chi connectivity index (χ2v) is 4.07. The van der Waals surface area contributed by atoms with Crippen LogP contribution in [0.15, 0.2) is 54.6 Å². The van der Waals surface area contributed by atoms with Crippen LogP contribution >= 0.6 is 0 Å². The Kier molecular flexibility index (Phi) is 3.78. The highest BCUT2D eigenvalue weighted by atomic mass is 19.1. The van der Waals surface area contributed by atoms with Crippen molar-refractivity contribution >= 4 is 5.57 Å². The van der Waals surface area contributed by atoms with E-state index < -0.39 is 0 Å². The lowest BCUT2D eigenvalue weighted by Crippen LogP contribution is -1.83. The predicted molar refractivity (Wildman–Crippen MR) is 69.9 cm³/mol. The van der Waals surface area contributed by atoms with Crippen molar-refractivity contribution in [3.05, 3.63) is 83.8 Å². The van der Waals surface area contributed by atoms with Crippen LogP contribution in [-0.2, 0) is 0 Å². The second kappa shape index (κ2) is 5.50. The summed E-state index contributed by atoms with van der Waals surface area (Å²) in [5.74, 6) is -0.486. The Morgan fingerprint density at radius 1 is 0.889 bits per heavy atom. The van der Waals surface area contributed by atoms with E-state index in [0.29, 0.717) is 0 Å². The predicted octanol–water partition coefficient (Wildman–Crippen LogP) is 4.62. The number of halogens is 2. The molecule has 0 aliphatic rings. The third-order valence-electron chi connectivity index (χ3n) is 2.70. The fraction of sp³-hybridized carbons (Fsp3) is 0.0625. The molecule has 0 aliphatic carbocycles. The number of allylic oxidation sites excluding steroid dienone is 2. The minimum atomic E-state index is -0.244. The van der Waals surface area contributed by atoms with Crippen molar-refractivity contribution in [3.8, 4) is 0 Å². The van der Waals surface area contributed by atoms with Crippen molar-refractivity contribution < 1.29 is 8.78 Å². The molecule has 2 aromatic rings. The van der Waals surface area contributed by atoms with Crippen LogP contribution in [0.5, 0.6) is 0 Å². The van der Waals surface area contributed by atoms with Gasteiger partial charge in [0.15, 0.2) is 0 Å². The molecule has 0 aromatic heterocycles. The van der Waals surface area contributed by atoms with E-state index in [1.807, 2.05) is 19.4 Å². The Hall–Kier alpha value is -2.09. The Bertz CT molecular complexity index is 536. The first-order chi connectivity index (χ1) is 8.65. The van der Waals surface area contributed by atoms with Crippen LogP contribution in [0.2, 0.25) is 0 Å². The summed E-state index contributed by atoms with van der Waals surface area (Å²) in [7, 11) is 0. The van der Waals surface area contributed by atoms with E-state index in [2.05, 4.69) is 0 Å². The Morgan fingerprint density at radius 2 is 1.39 bits per heavy atom. The first-order valence-corrected chi connectivity index (χ1v) is 5.68. The molecule has 0 atom stereocenters. The van der Waals surface area contributed by atoms with Crippen LogP contribution in [0.3, 0.4) is 0 Å². The molecule has 0 N–H and O–H groups in total. The maximum Gasteiger partial charge on any atom is 0.142 e. The third kappa shape index (κ3) is 3.20. The molecular weight excluding hydrogens is 230 g/mol. The van der Waals surface area contributed by atoms with Crippen molar-refractivity contribution in [2.24, 2.45) is 0 Å². The SMILES string of the molecule is C/C(=C\[CH+]c1ccc(F)cc1)c1ccc(F)cc1. The van der Waals surface area contributed by atoms with Gasteiger partial charge in [0.25, 0.3) is 0 Å². The quantitative estimate of drug-likeness (QED) is 0.690. The van der Waals surface area contributed by atoms with Gasteiger partial charge in [0.1, 0.15) is 11.6 Å². The first kappa shape index (κ1) is 12.4. The number of hydrogen-bond acceptors (Lipinski definition) is 0. The molecule has 18 heavy (non-hydrogen) atoms. The van der Waals surface area contributed by atoms with Crippen molar-refractivity contribution in [2.45, 2.75) is 6.92 Å². The Balaban J connectivity index is 2.09. The van der Waals surface area contributed by atoms with Crippen LogP contribution in [0.25, 0.3) is 5.57 Å². The standard InChI is InChI=1S/C16H13F2/c1-12(14-6-10-16(18)11-7-14)2-3-13-4-8-15(17)9-5-13/h2-11H,1H3/q+1/b12-2+. The van der Waals surface area contributed by atoms with E-state index >= 15 is 0 Å². The van der Waals surface area contributed by atoms with E-state index in [1.165, 1.54) is 24.3 Å². The highest BCUT2D eigenvalue weighted by Gasteiger charge is 2.02. The fourth-order valence-corrected chi connectivity index (χ4v) is 1.60. The van der Waals surface area contributed by atoms with Gasteiger partial charge in [0, 0.05) is 47.9 Å². The molecule has 0 spiro atoms. The molecule has 0 fully saturated rings. The summed E-state index contributed by atoms with van der Waals surface area (Å²) in [4.78, 5) is 0. The van der Waals surface area contributed by atoms with Gasteiger partial charge in [0.2, 0.25) is 0 Å². The van der Waals surface area contributed by atoms with E-state index in [-0.39, 0.29) is 11.6 Å². The minimum Gasteiger partial charge on any atom is -0.207 e. The molecule has 90 valence electrons. The molecule has 2 rings (SSSR count). The van der Waals surface area contributed by atoms with E-state index in [1.54, 1.807) is 24.3 Å². The summed E-state index contributed by atoms with van der Waals surface area (Å²) in [6, 6.07) is 12.6. The molecule has 0 amide bonds. The Morgan fingerprint density at radius 3 is 1.94 bits per heavy atom. The zero-order chi connectivity index (χ0) is 13.0. The van der Waals surface area contributed by atoms with Gasteiger partial charge in [-0.25, -0.2) is 8.78 Å². The van der Waals surface area contributed by atoms with Crippen molar-refractivity contribution in [1.29, 1.82) is 0 Å². The molecule has 2 aromatic carbocycles. The highest BCUT2D eigenvalue weighted by Crippen LogP contribution is 2.16. The number of benzene rings is 2. The average molecular weight is 243 g/mol. The lowest BCUT2D eigenvalue weighted by Gasteiger charge is -1.97. The van der Waals surface area contributed by atoms with Crippen LogP contribution < -0.4 is 0 Å². The van der Waals surface area contributed by atoms with E-state index in [0.717, 1.165) is 16.7 Å². The number of hydrogen-bond donors (Lipinski definition) is 0. The van der Waals surface area contributed by atoms with E-state index in [9.17, 15) is 8.78 Å². The van der Waals surface area contributed by atoms with Crippen molar-refractivity contribution in [1.82, 2.24) is 0 Å². The minimum absolute atomic E-state index is 0.242. The van der Waals surface area contributed by atoms with E-state index in [4.69, 9.17) is 0 Å². The fourth-order valence-electron chi connectivity index (χ4n) is 1.60. The average Bonchev–Trinajstić information content (AvgIpc) is 2.38. The molecule has 0 aliphatic heterocycles. The first-order valence-electron chi connectivity index (χ1n) is 5.68. The summed E-state index contributed by atoms with van der Waals surface area (Å²) in [6.07, 6.45) is 3.83. The van der Waals surface area contributed by atoms with Gasteiger partial charge >= 0.3 is 0 Å². The summed E-state index contributed by atoms with van der Waals surface area (Å²) >= 11 is 0. The van der Waals surface area contributed by atoms with Gasteiger partial charge in [-0.15, -0.1) is 0 Å². The smallest absolute Gasteiger partial charge is 0.142 e. The molecule has 0 saturated carbocycles. The molecule has 0 unspecified atom stereocenters. The normalized spacial score (nSPS) is 11.4. The highest BCUT2D eigenvalue weighted by molar-refractivity contribution is 5.65. The summed E-state index contributed by atoms with van der Waals surface area (Å²) < 4.78 is 25.5. The molecule has 0 saturated heterocycles. The molecule has 0 nitrogen and oxygen atoms in total. The lowest BCUT2D eigenvalue weighted by molar-refractivity contribution is 0.627. The molecule has 0 bridgehead atoms. The Labute approximate surface area is 106 Å². The van der Waals surface area contributed by atoms with Gasteiger partial charge in [-0.2, -0.15) is 0 Å². The topological polar surface area (TPSA) is 0 Å². The largest absolute Gasteiger partial charge is 0.207 e. The molecular formula is C16H13F2+. The summed E-state index contributed by atoms with van der Waals surface area (Å²) in [6.45, 7) is 1.95. The maximum atomic E-state index is 12.8. The van der Waals surface area contributed by atoms with Gasteiger partial charge < -0.3 is 0 Å². The van der Waals surface area contributed by atoms with Gasteiger partial charge in [-0.05, 0) is 31.2 Å². The summed E-state index contributed by atoms with van der Waals surface area (Å²) in [5, 5.41) is 0. The van der Waals surface area contributed by atoms with Crippen molar-refractivity contribution in [2.75, 3.05) is 0 Å². The van der Waals surface area contributed by atoms with Crippen molar-refractivity contribution in [3.63, 3.8) is 0 Å². The van der Waals surface area contributed by atoms with Crippen LogP contribution in [0, 0.1) is 18.1 Å². The molecule has 2 heteroatoms. The van der Waals surface area contributed by atoms with Crippen LogP contribution in [-0.4, -0.2) is 0 Å². The van der Waals surface area contributed by atoms with Crippen LogP contribution in [0.1, 0.15) is 18.1 Å². The zero-order valence-electron chi connectivity index (χ0n) is 10.0. The molecule has 0 radical (unpaired) electrons. The van der Waals surface area contributed by atoms with Gasteiger partial charge in [0.05, 0.1) is 5.56 Å². The van der Waals surface area contributed by atoms with Gasteiger partial charge in [-0.3, -0.25) is 0 Å². The lowest BCUT2D eigenvalue weighted by atomic mass is 10.0. The zero-order valence-corrected chi connectivity index (χ0v) is 10.0. The maximum absolute atomic E-state index is 12.8.